The first kappa shape index (κ1) is 12.5. The molecule has 0 aliphatic carbocycles. The van der Waals surface area contributed by atoms with Gasteiger partial charge in [0, 0.05) is 6.20 Å². The molecule has 1 aromatic heterocycles. The standard InChI is InChI=1S/C12H11BrN4O/c1-7-2-3-10(8(13)6-7)18-12-16-5-4-9(17-12)11(14)15/h2-6H,1H3,(H3,14,15). The lowest BCUT2D eigenvalue weighted by Gasteiger charge is -2.07. The zero-order chi connectivity index (χ0) is 13.1. The number of nitrogens with two attached hydrogens (primary N) is 1. The van der Waals surface area contributed by atoms with Gasteiger partial charge in [-0.05, 0) is 46.6 Å². The van der Waals surface area contributed by atoms with Crippen molar-refractivity contribution in [3.8, 4) is 11.8 Å². The zero-order valence-electron chi connectivity index (χ0n) is 9.64. The number of hydrogen-bond donors (Lipinski definition) is 2. The summed E-state index contributed by atoms with van der Waals surface area (Å²) in [7, 11) is 0. The number of ether oxygens (including phenoxy) is 1. The van der Waals surface area contributed by atoms with Crippen LogP contribution >= 0.6 is 15.9 Å². The second kappa shape index (κ2) is 5.14. The number of aromatic nitrogens is 2. The SMILES string of the molecule is Cc1ccc(Oc2nccc(C(=N)N)n2)c(Br)c1. The molecule has 0 bridgehead atoms. The normalized spacial score (nSPS) is 10.1. The van der Waals surface area contributed by atoms with E-state index in [0.29, 0.717) is 11.4 Å². The zero-order valence-corrected chi connectivity index (χ0v) is 11.2. The average molecular weight is 307 g/mol. The molecule has 1 aromatic carbocycles. The molecule has 1 heterocycles. The molecular formula is C12H11BrN4O. The molecule has 0 aliphatic heterocycles. The molecule has 0 aliphatic rings. The Morgan fingerprint density at radius 1 is 1.39 bits per heavy atom. The molecule has 2 aromatic rings. The van der Waals surface area contributed by atoms with E-state index in [1.807, 2.05) is 25.1 Å². The Kier molecular flexibility index (Phi) is 3.57. The summed E-state index contributed by atoms with van der Waals surface area (Å²) in [6.07, 6.45) is 1.50. The third-order valence-electron chi connectivity index (χ3n) is 2.20. The molecular weight excluding hydrogens is 296 g/mol. The van der Waals surface area contributed by atoms with Crippen LogP contribution in [0.15, 0.2) is 34.9 Å². The molecule has 0 radical (unpaired) electrons. The lowest BCUT2D eigenvalue weighted by molar-refractivity contribution is 0.438. The molecule has 2 rings (SSSR count). The Bertz CT molecular complexity index is 600. The minimum absolute atomic E-state index is 0.120. The molecule has 0 saturated carbocycles. The fraction of sp³-hybridized carbons (Fsp3) is 0.0833. The Morgan fingerprint density at radius 3 is 2.83 bits per heavy atom. The Labute approximate surface area is 113 Å². The van der Waals surface area contributed by atoms with Gasteiger partial charge < -0.3 is 10.5 Å². The molecule has 6 heteroatoms. The Morgan fingerprint density at radius 2 is 2.17 bits per heavy atom. The van der Waals surface area contributed by atoms with Gasteiger partial charge in [-0.1, -0.05) is 6.07 Å². The molecule has 0 saturated heterocycles. The van der Waals surface area contributed by atoms with Crippen molar-refractivity contribution in [3.63, 3.8) is 0 Å². The highest BCUT2D eigenvalue weighted by Crippen LogP contribution is 2.28. The summed E-state index contributed by atoms with van der Waals surface area (Å²) in [5.74, 6) is 0.492. The number of benzene rings is 1. The molecule has 0 fully saturated rings. The Balaban J connectivity index is 2.28. The smallest absolute Gasteiger partial charge is 0.322 e. The van der Waals surface area contributed by atoms with Crippen molar-refractivity contribution in [3.05, 3.63) is 46.2 Å². The van der Waals surface area contributed by atoms with Crippen LogP contribution < -0.4 is 10.5 Å². The summed E-state index contributed by atoms with van der Waals surface area (Å²) in [5.41, 5.74) is 6.81. The van der Waals surface area contributed by atoms with E-state index in [1.165, 1.54) is 6.20 Å². The van der Waals surface area contributed by atoms with Crippen molar-refractivity contribution in [1.82, 2.24) is 9.97 Å². The van der Waals surface area contributed by atoms with Crippen molar-refractivity contribution < 1.29 is 4.74 Å². The van der Waals surface area contributed by atoms with Crippen LogP contribution in [0.5, 0.6) is 11.8 Å². The fourth-order valence-electron chi connectivity index (χ4n) is 1.33. The molecule has 18 heavy (non-hydrogen) atoms. The largest absolute Gasteiger partial charge is 0.423 e. The topological polar surface area (TPSA) is 84.9 Å². The van der Waals surface area contributed by atoms with Crippen LogP contribution in [0.2, 0.25) is 0 Å². The highest BCUT2D eigenvalue weighted by Gasteiger charge is 2.07. The molecule has 0 spiro atoms. The third-order valence-corrected chi connectivity index (χ3v) is 2.82. The number of halogens is 1. The van der Waals surface area contributed by atoms with Gasteiger partial charge in [0.25, 0.3) is 0 Å². The number of nitrogens with zero attached hydrogens (tertiary/aromatic N) is 2. The van der Waals surface area contributed by atoms with Gasteiger partial charge in [-0.25, -0.2) is 4.98 Å². The monoisotopic (exact) mass is 306 g/mol. The number of hydrogen-bond acceptors (Lipinski definition) is 4. The van der Waals surface area contributed by atoms with Crippen LogP contribution in [-0.4, -0.2) is 15.8 Å². The van der Waals surface area contributed by atoms with E-state index in [0.717, 1.165) is 10.0 Å². The quantitative estimate of drug-likeness (QED) is 0.674. The molecule has 0 amide bonds. The minimum atomic E-state index is -0.120. The van der Waals surface area contributed by atoms with Gasteiger partial charge in [0.15, 0.2) is 0 Å². The van der Waals surface area contributed by atoms with Crippen molar-refractivity contribution >= 4 is 21.8 Å². The number of nitrogen functional groups attached to an aromatic ring is 1. The van der Waals surface area contributed by atoms with Crippen LogP contribution in [-0.2, 0) is 0 Å². The maximum absolute atomic E-state index is 7.30. The maximum atomic E-state index is 7.30. The summed E-state index contributed by atoms with van der Waals surface area (Å²) in [4.78, 5) is 8.00. The highest BCUT2D eigenvalue weighted by atomic mass is 79.9. The summed E-state index contributed by atoms with van der Waals surface area (Å²) < 4.78 is 6.35. The summed E-state index contributed by atoms with van der Waals surface area (Å²) in [6, 6.07) is 7.40. The van der Waals surface area contributed by atoms with E-state index >= 15 is 0 Å². The number of amidine groups is 1. The van der Waals surface area contributed by atoms with Crippen molar-refractivity contribution in [2.45, 2.75) is 6.92 Å². The van der Waals surface area contributed by atoms with Gasteiger partial charge in [-0.15, -0.1) is 0 Å². The van der Waals surface area contributed by atoms with Gasteiger partial charge in [0.05, 0.1) is 4.47 Å². The lowest BCUT2D eigenvalue weighted by atomic mass is 10.2. The van der Waals surface area contributed by atoms with Gasteiger partial charge in [-0.2, -0.15) is 4.98 Å². The van der Waals surface area contributed by atoms with Crippen LogP contribution in [0.4, 0.5) is 0 Å². The first-order valence-electron chi connectivity index (χ1n) is 5.17. The predicted octanol–water partition coefficient (Wildman–Crippen LogP) is 2.62. The summed E-state index contributed by atoms with van der Waals surface area (Å²) in [6.45, 7) is 1.99. The lowest BCUT2D eigenvalue weighted by Crippen LogP contribution is -2.13. The van der Waals surface area contributed by atoms with Crippen molar-refractivity contribution in [2.24, 2.45) is 5.73 Å². The number of nitrogens with one attached hydrogen (secondary N) is 1. The number of aryl methyl sites for hydroxylation is 1. The predicted molar refractivity (Wildman–Crippen MR) is 72.0 cm³/mol. The second-order valence-electron chi connectivity index (χ2n) is 3.67. The highest BCUT2D eigenvalue weighted by molar-refractivity contribution is 9.10. The Hall–Kier alpha value is -1.95. The van der Waals surface area contributed by atoms with Crippen LogP contribution in [0.25, 0.3) is 0 Å². The second-order valence-corrected chi connectivity index (χ2v) is 4.53. The van der Waals surface area contributed by atoms with Crippen molar-refractivity contribution in [1.29, 1.82) is 5.41 Å². The average Bonchev–Trinajstić information content (AvgIpc) is 2.33. The van der Waals surface area contributed by atoms with Gasteiger partial charge in [-0.3, -0.25) is 5.41 Å². The summed E-state index contributed by atoms with van der Waals surface area (Å²) in [5, 5.41) is 7.30. The minimum Gasteiger partial charge on any atom is -0.423 e. The van der Waals surface area contributed by atoms with E-state index < -0.39 is 0 Å². The number of rotatable bonds is 3. The molecule has 0 unspecified atom stereocenters. The first-order valence-corrected chi connectivity index (χ1v) is 5.97. The van der Waals surface area contributed by atoms with E-state index in [2.05, 4.69) is 25.9 Å². The fourth-order valence-corrected chi connectivity index (χ4v) is 1.90. The van der Waals surface area contributed by atoms with E-state index in [1.54, 1.807) is 6.07 Å². The van der Waals surface area contributed by atoms with E-state index in [4.69, 9.17) is 15.9 Å². The molecule has 3 N–H and O–H groups in total. The maximum Gasteiger partial charge on any atom is 0.322 e. The van der Waals surface area contributed by atoms with Crippen LogP contribution in [0.1, 0.15) is 11.3 Å². The molecule has 0 atom stereocenters. The van der Waals surface area contributed by atoms with E-state index in [9.17, 15) is 0 Å². The van der Waals surface area contributed by atoms with E-state index in [-0.39, 0.29) is 11.8 Å². The van der Waals surface area contributed by atoms with Crippen molar-refractivity contribution in [2.75, 3.05) is 0 Å². The van der Waals surface area contributed by atoms with Gasteiger partial charge in [0.2, 0.25) is 0 Å². The van der Waals surface area contributed by atoms with Gasteiger partial charge in [0.1, 0.15) is 17.3 Å². The molecule has 92 valence electrons. The van der Waals surface area contributed by atoms with Crippen LogP contribution in [0.3, 0.4) is 0 Å². The molecule has 5 nitrogen and oxygen atoms in total. The summed E-state index contributed by atoms with van der Waals surface area (Å²) >= 11 is 3.40. The first-order chi connectivity index (χ1) is 8.56. The third kappa shape index (κ3) is 2.84. The van der Waals surface area contributed by atoms with Gasteiger partial charge >= 0.3 is 6.01 Å². The van der Waals surface area contributed by atoms with Crippen LogP contribution in [0, 0.1) is 12.3 Å².